The number of rotatable bonds is 7. The molecule has 0 amide bonds. The molecule has 0 fully saturated rings. The van der Waals surface area contributed by atoms with Crippen molar-refractivity contribution >= 4 is 39.0 Å². The van der Waals surface area contributed by atoms with Crippen LogP contribution in [0.1, 0.15) is 11.3 Å². The first-order valence-electron chi connectivity index (χ1n) is 5.08. The number of nitriles is 1. The molecule has 1 aromatic rings. The van der Waals surface area contributed by atoms with Crippen LogP contribution in [0, 0.1) is 11.3 Å². The largest absolute Gasteiger partial charge is 0.301 e. The van der Waals surface area contributed by atoms with E-state index in [1.165, 1.54) is 9.35 Å². The molecule has 0 unspecified atom stereocenters. The third-order valence-electron chi connectivity index (χ3n) is 2.04. The SMILES string of the molecule is CN(CCCSCC#N)Cc1cc(Br)cs1. The van der Waals surface area contributed by atoms with E-state index >= 15 is 0 Å². The highest BCUT2D eigenvalue weighted by atomic mass is 79.9. The van der Waals surface area contributed by atoms with E-state index in [-0.39, 0.29) is 0 Å². The zero-order valence-electron chi connectivity index (χ0n) is 9.28. The van der Waals surface area contributed by atoms with Gasteiger partial charge in [-0.3, -0.25) is 0 Å². The Balaban J connectivity index is 2.11. The highest BCUT2D eigenvalue weighted by Gasteiger charge is 2.02. The smallest absolute Gasteiger partial charge is 0.0808 e. The zero-order valence-corrected chi connectivity index (χ0v) is 12.5. The van der Waals surface area contributed by atoms with Crippen LogP contribution in [0.25, 0.3) is 0 Å². The fourth-order valence-electron chi connectivity index (χ4n) is 1.34. The van der Waals surface area contributed by atoms with Crippen molar-refractivity contribution in [2.45, 2.75) is 13.0 Å². The van der Waals surface area contributed by atoms with Gasteiger partial charge in [-0.25, -0.2) is 0 Å². The summed E-state index contributed by atoms with van der Waals surface area (Å²) in [5.74, 6) is 1.69. The van der Waals surface area contributed by atoms with E-state index in [4.69, 9.17) is 5.26 Å². The Kier molecular flexibility index (Phi) is 7.13. The molecule has 0 atom stereocenters. The average molecular weight is 319 g/mol. The molecule has 0 N–H and O–H groups in total. The quantitative estimate of drug-likeness (QED) is 0.719. The summed E-state index contributed by atoms with van der Waals surface area (Å²) in [6.07, 6.45) is 1.15. The molecule has 0 bridgehead atoms. The Hall–Kier alpha value is -0.0200. The summed E-state index contributed by atoms with van der Waals surface area (Å²) in [4.78, 5) is 3.71. The fraction of sp³-hybridized carbons (Fsp3) is 0.545. The van der Waals surface area contributed by atoms with Crippen LogP contribution < -0.4 is 0 Å². The van der Waals surface area contributed by atoms with E-state index in [2.05, 4.69) is 45.4 Å². The number of hydrogen-bond donors (Lipinski definition) is 0. The van der Waals surface area contributed by atoms with Gasteiger partial charge in [0.2, 0.25) is 0 Å². The molecule has 2 nitrogen and oxygen atoms in total. The van der Waals surface area contributed by atoms with Crippen LogP contribution in [0.4, 0.5) is 0 Å². The van der Waals surface area contributed by atoms with E-state index in [9.17, 15) is 0 Å². The standard InChI is InChI=1S/C11H15BrN2S2/c1-14(4-2-5-15-6-3-13)8-11-7-10(12)9-16-11/h7,9H,2,4-6,8H2,1H3. The van der Waals surface area contributed by atoms with Crippen LogP contribution in [-0.2, 0) is 6.54 Å². The van der Waals surface area contributed by atoms with E-state index in [0.717, 1.165) is 25.3 Å². The lowest BCUT2D eigenvalue weighted by atomic mass is 10.4. The van der Waals surface area contributed by atoms with Gasteiger partial charge < -0.3 is 4.90 Å². The molecule has 0 aliphatic rings. The maximum Gasteiger partial charge on any atom is 0.0808 e. The second kappa shape index (κ2) is 8.13. The molecule has 0 saturated carbocycles. The van der Waals surface area contributed by atoms with Crippen LogP contribution in [-0.4, -0.2) is 30.0 Å². The fourth-order valence-corrected chi connectivity index (χ4v) is 3.44. The first kappa shape index (κ1) is 14.0. The van der Waals surface area contributed by atoms with Crippen molar-refractivity contribution in [1.29, 1.82) is 5.26 Å². The van der Waals surface area contributed by atoms with Gasteiger partial charge in [-0.05, 0) is 47.8 Å². The minimum atomic E-state index is 0.613. The van der Waals surface area contributed by atoms with Crippen molar-refractivity contribution in [2.75, 3.05) is 25.1 Å². The first-order valence-corrected chi connectivity index (χ1v) is 7.91. The van der Waals surface area contributed by atoms with E-state index in [1.807, 2.05) is 0 Å². The molecule has 1 rings (SSSR count). The van der Waals surface area contributed by atoms with Gasteiger partial charge in [0.15, 0.2) is 0 Å². The van der Waals surface area contributed by atoms with Crippen molar-refractivity contribution in [3.63, 3.8) is 0 Å². The number of thiophene rings is 1. The normalized spacial score (nSPS) is 10.6. The van der Waals surface area contributed by atoms with Crippen molar-refractivity contribution in [1.82, 2.24) is 4.90 Å². The summed E-state index contributed by atoms with van der Waals surface area (Å²) < 4.78 is 1.17. The molecule has 0 radical (unpaired) electrons. The van der Waals surface area contributed by atoms with E-state index < -0.39 is 0 Å². The summed E-state index contributed by atoms with van der Waals surface area (Å²) in [5.41, 5.74) is 0. The Morgan fingerprint density at radius 2 is 2.44 bits per heavy atom. The van der Waals surface area contributed by atoms with Crippen molar-refractivity contribution in [3.05, 3.63) is 20.8 Å². The van der Waals surface area contributed by atoms with Crippen LogP contribution in [0.5, 0.6) is 0 Å². The zero-order chi connectivity index (χ0) is 11.8. The molecule has 5 heteroatoms. The number of nitrogens with zero attached hydrogens (tertiary/aromatic N) is 2. The Labute approximate surface area is 114 Å². The monoisotopic (exact) mass is 318 g/mol. The first-order chi connectivity index (χ1) is 7.72. The Morgan fingerprint density at radius 3 is 3.06 bits per heavy atom. The van der Waals surface area contributed by atoms with Crippen LogP contribution in [0.2, 0.25) is 0 Å². The van der Waals surface area contributed by atoms with Crippen molar-refractivity contribution in [3.8, 4) is 6.07 Å². The van der Waals surface area contributed by atoms with Crippen molar-refractivity contribution in [2.24, 2.45) is 0 Å². The molecule has 1 aromatic heterocycles. The lowest BCUT2D eigenvalue weighted by Crippen LogP contribution is -2.18. The molecule has 0 spiro atoms. The number of halogens is 1. The third-order valence-corrected chi connectivity index (χ3v) is 4.64. The predicted octanol–water partition coefficient (Wildman–Crippen LogP) is 3.59. The summed E-state index contributed by atoms with van der Waals surface area (Å²) in [7, 11) is 2.14. The van der Waals surface area contributed by atoms with Gasteiger partial charge in [-0.2, -0.15) is 5.26 Å². The lowest BCUT2D eigenvalue weighted by Gasteiger charge is -2.14. The van der Waals surface area contributed by atoms with Crippen LogP contribution >= 0.6 is 39.0 Å². The topological polar surface area (TPSA) is 27.0 Å². The molecular weight excluding hydrogens is 304 g/mol. The molecule has 1 heterocycles. The van der Waals surface area contributed by atoms with E-state index in [1.54, 1.807) is 23.1 Å². The third kappa shape index (κ3) is 5.90. The van der Waals surface area contributed by atoms with E-state index in [0.29, 0.717) is 5.75 Å². The Bertz CT molecular complexity index is 346. The predicted molar refractivity (Wildman–Crippen MR) is 75.9 cm³/mol. The highest BCUT2D eigenvalue weighted by molar-refractivity contribution is 9.10. The van der Waals surface area contributed by atoms with Crippen LogP contribution in [0.3, 0.4) is 0 Å². The number of thioether (sulfide) groups is 1. The molecule has 88 valence electrons. The second-order valence-electron chi connectivity index (χ2n) is 3.53. The summed E-state index contributed by atoms with van der Waals surface area (Å²) in [6.45, 7) is 2.10. The summed E-state index contributed by atoms with van der Waals surface area (Å²) >= 11 is 6.96. The average Bonchev–Trinajstić information content (AvgIpc) is 2.63. The maximum atomic E-state index is 8.39. The van der Waals surface area contributed by atoms with Gasteiger partial charge in [-0.15, -0.1) is 23.1 Å². The minimum absolute atomic E-state index is 0.613. The minimum Gasteiger partial charge on any atom is -0.301 e. The summed E-state index contributed by atoms with van der Waals surface area (Å²) in [5, 5.41) is 10.5. The summed E-state index contributed by atoms with van der Waals surface area (Å²) in [6, 6.07) is 4.32. The van der Waals surface area contributed by atoms with Gasteiger partial charge in [0.1, 0.15) is 0 Å². The van der Waals surface area contributed by atoms with Gasteiger partial charge in [0.05, 0.1) is 11.8 Å². The van der Waals surface area contributed by atoms with Crippen molar-refractivity contribution < 1.29 is 0 Å². The van der Waals surface area contributed by atoms with Gasteiger partial charge in [-0.1, -0.05) is 0 Å². The highest BCUT2D eigenvalue weighted by Crippen LogP contribution is 2.20. The molecule has 0 aliphatic carbocycles. The molecule has 0 aliphatic heterocycles. The molecule has 0 saturated heterocycles. The molecule has 16 heavy (non-hydrogen) atoms. The molecular formula is C11H15BrN2S2. The maximum absolute atomic E-state index is 8.39. The molecule has 0 aromatic carbocycles. The number of hydrogen-bond acceptors (Lipinski definition) is 4. The van der Waals surface area contributed by atoms with Gasteiger partial charge in [0, 0.05) is 21.3 Å². The van der Waals surface area contributed by atoms with Crippen LogP contribution in [0.15, 0.2) is 15.9 Å². The Morgan fingerprint density at radius 1 is 1.62 bits per heavy atom. The van der Waals surface area contributed by atoms with Gasteiger partial charge in [0.25, 0.3) is 0 Å². The van der Waals surface area contributed by atoms with Gasteiger partial charge >= 0.3 is 0 Å². The lowest BCUT2D eigenvalue weighted by molar-refractivity contribution is 0.331. The second-order valence-corrected chi connectivity index (χ2v) is 6.55.